The second kappa shape index (κ2) is 21.8. The van der Waals surface area contributed by atoms with Crippen LogP contribution in [0.1, 0.15) is 12.8 Å². The van der Waals surface area contributed by atoms with Crippen molar-refractivity contribution in [1.82, 2.24) is 0 Å². The summed E-state index contributed by atoms with van der Waals surface area (Å²) < 4.78 is 11.8. The maximum absolute atomic E-state index is 8.81. The van der Waals surface area contributed by atoms with E-state index in [9.17, 15) is 0 Å². The largest absolute Gasteiger partial charge is 0.461 e. The maximum atomic E-state index is 8.81. The molecule has 0 aromatic heterocycles. The SMILES string of the molecule is C=CCO.C[SiH](C)O[SiH](C)C.C[Si](C)(CCCO)O[Si](C)(C)CCCO.[Pt]. The molecule has 0 unspecified atom stereocenters. The fourth-order valence-electron chi connectivity index (χ4n) is 2.40. The fourth-order valence-corrected chi connectivity index (χ4v) is 15.6. The molecule has 3 N–H and O–H groups in total. The molecule has 27 heavy (non-hydrogen) atoms. The normalized spacial score (nSPS) is 11.1. The molecule has 0 spiro atoms. The second-order valence-corrected chi connectivity index (χ2v) is 22.1. The summed E-state index contributed by atoms with van der Waals surface area (Å²) in [5.74, 6) is 0. The van der Waals surface area contributed by atoms with E-state index in [4.69, 9.17) is 23.5 Å². The van der Waals surface area contributed by atoms with Gasteiger partial charge in [0.25, 0.3) is 0 Å². The van der Waals surface area contributed by atoms with Crippen molar-refractivity contribution in [2.75, 3.05) is 19.8 Å². The molecule has 0 aliphatic heterocycles. The first-order valence-corrected chi connectivity index (χ1v) is 21.5. The molecule has 0 aromatic rings. The van der Waals surface area contributed by atoms with E-state index in [0.29, 0.717) is 0 Å². The molecule has 0 rings (SSSR count). The molecule has 0 amide bonds. The minimum atomic E-state index is -1.59. The minimum Gasteiger partial charge on any atom is -0.461 e. The van der Waals surface area contributed by atoms with Crippen LogP contribution in [-0.2, 0) is 29.3 Å². The predicted octanol–water partition coefficient (Wildman–Crippen LogP) is 3.31. The van der Waals surface area contributed by atoms with Crippen LogP contribution in [0.5, 0.6) is 0 Å². The molecule has 0 aliphatic rings. The Balaban J connectivity index is -0.000000184. The Hall–Kier alpha value is 1.10. The third-order valence-corrected chi connectivity index (χ3v) is 15.0. The van der Waals surface area contributed by atoms with Gasteiger partial charge in [-0.3, -0.25) is 0 Å². The zero-order valence-corrected chi connectivity index (χ0v) is 25.4. The molecule has 0 heterocycles. The Morgan fingerprint density at radius 1 is 0.815 bits per heavy atom. The number of aliphatic hydroxyl groups excluding tert-OH is 3. The summed E-state index contributed by atoms with van der Waals surface area (Å²) in [6.07, 6.45) is 3.13. The first-order chi connectivity index (χ1) is 11.9. The van der Waals surface area contributed by atoms with Gasteiger partial charge in [-0.2, -0.15) is 0 Å². The summed E-state index contributed by atoms with van der Waals surface area (Å²) in [5, 5.41) is 25.4. The minimum absolute atomic E-state index is 0. The third-order valence-electron chi connectivity index (χ3n) is 3.10. The zero-order valence-electron chi connectivity index (χ0n) is 18.9. The second-order valence-electron chi connectivity index (χ2n) is 7.98. The Morgan fingerprint density at radius 3 is 1.26 bits per heavy atom. The van der Waals surface area contributed by atoms with Gasteiger partial charge in [-0.05, 0) is 77.3 Å². The summed E-state index contributed by atoms with van der Waals surface area (Å²) >= 11 is 0. The summed E-state index contributed by atoms with van der Waals surface area (Å²) in [7, 11) is -4.51. The van der Waals surface area contributed by atoms with Crippen molar-refractivity contribution in [2.24, 2.45) is 0 Å². The molecule has 0 radical (unpaired) electrons. The number of hydrogen-bond donors (Lipinski definition) is 3. The molecule has 0 saturated carbocycles. The average molecular weight is 638 g/mol. The number of rotatable bonds is 11. The van der Waals surface area contributed by atoms with Gasteiger partial charge >= 0.3 is 0 Å². The van der Waals surface area contributed by atoms with Gasteiger partial charge in [0.05, 0.1) is 6.61 Å². The molecule has 0 aromatic carbocycles. The van der Waals surface area contributed by atoms with Crippen LogP contribution in [0.15, 0.2) is 12.7 Å². The van der Waals surface area contributed by atoms with E-state index in [2.05, 4.69) is 59.0 Å². The predicted molar refractivity (Wildman–Crippen MR) is 125 cm³/mol. The van der Waals surface area contributed by atoms with E-state index < -0.39 is 34.7 Å². The van der Waals surface area contributed by atoms with E-state index in [1.807, 2.05) is 0 Å². The maximum Gasteiger partial charge on any atom is 0.173 e. The molecule has 0 bridgehead atoms. The van der Waals surface area contributed by atoms with Gasteiger partial charge in [-0.25, -0.2) is 0 Å². The van der Waals surface area contributed by atoms with Crippen molar-refractivity contribution in [1.29, 1.82) is 0 Å². The Bertz CT molecular complexity index is 296. The molecule has 0 aliphatic carbocycles. The average Bonchev–Trinajstić information content (AvgIpc) is 2.49. The topological polar surface area (TPSA) is 79.2 Å². The molecular weight excluding hydrogens is 592 g/mol. The zero-order chi connectivity index (χ0) is 21.2. The monoisotopic (exact) mass is 637 g/mol. The van der Waals surface area contributed by atoms with Crippen molar-refractivity contribution in [2.45, 2.75) is 77.3 Å². The van der Waals surface area contributed by atoms with Crippen LogP contribution in [0.4, 0.5) is 0 Å². The Kier molecular flexibility index (Phi) is 28.7. The van der Waals surface area contributed by atoms with Gasteiger partial charge in [0.1, 0.15) is 0 Å². The quantitative estimate of drug-likeness (QED) is 0.240. The van der Waals surface area contributed by atoms with Crippen LogP contribution >= 0.6 is 0 Å². The van der Waals surface area contributed by atoms with E-state index in [1.54, 1.807) is 0 Å². The fraction of sp³-hybridized carbons (Fsp3) is 0.882. The van der Waals surface area contributed by atoms with Gasteiger partial charge < -0.3 is 23.5 Å². The smallest absolute Gasteiger partial charge is 0.173 e. The van der Waals surface area contributed by atoms with E-state index in [1.165, 1.54) is 6.08 Å². The van der Waals surface area contributed by atoms with Gasteiger partial charge in [-0.1, -0.05) is 6.08 Å². The van der Waals surface area contributed by atoms with Crippen molar-refractivity contribution in [3.8, 4) is 0 Å². The van der Waals surface area contributed by atoms with E-state index >= 15 is 0 Å². The Morgan fingerprint density at radius 2 is 1.11 bits per heavy atom. The number of hydrogen-bond acceptors (Lipinski definition) is 5. The molecule has 10 heteroatoms. The molecule has 5 nitrogen and oxygen atoms in total. The van der Waals surface area contributed by atoms with Gasteiger partial charge in [0.2, 0.25) is 0 Å². The molecule has 0 saturated heterocycles. The van der Waals surface area contributed by atoms with Crippen LogP contribution in [0.3, 0.4) is 0 Å². The standard InChI is InChI=1S/C10H26O3Si2.C4H14OSi2.C3H6O.Pt/c1-14(2,9-5-7-11)13-15(3,4)10-6-8-12;1-6(2)5-7(3)4;1-2-3-4;/h11-12H,5-10H2,1-4H3;6-7H,1-4H3;2,4H,1,3H2;. The number of aliphatic hydroxyl groups is 3. The van der Waals surface area contributed by atoms with Crippen LogP contribution in [0.25, 0.3) is 0 Å². The summed E-state index contributed by atoms with van der Waals surface area (Å²) in [5.41, 5.74) is 0. The van der Waals surface area contributed by atoms with Crippen molar-refractivity contribution >= 4 is 34.7 Å². The van der Waals surface area contributed by atoms with Gasteiger partial charge in [0.15, 0.2) is 34.7 Å². The van der Waals surface area contributed by atoms with Crippen molar-refractivity contribution < 1.29 is 44.6 Å². The van der Waals surface area contributed by atoms with Crippen molar-refractivity contribution in [3.63, 3.8) is 0 Å². The summed E-state index contributed by atoms with van der Waals surface area (Å²) in [4.78, 5) is 0. The Labute approximate surface area is 188 Å². The van der Waals surface area contributed by atoms with E-state index in [-0.39, 0.29) is 40.9 Å². The van der Waals surface area contributed by atoms with Gasteiger partial charge in [-0.15, -0.1) is 6.58 Å². The first-order valence-electron chi connectivity index (χ1n) is 9.66. The van der Waals surface area contributed by atoms with Crippen LogP contribution < -0.4 is 0 Å². The van der Waals surface area contributed by atoms with Crippen LogP contribution in [0.2, 0.25) is 64.5 Å². The van der Waals surface area contributed by atoms with Gasteiger partial charge in [0, 0.05) is 34.3 Å². The molecule has 0 fully saturated rings. The van der Waals surface area contributed by atoms with E-state index in [0.717, 1.165) is 24.9 Å². The van der Waals surface area contributed by atoms with Crippen molar-refractivity contribution in [3.05, 3.63) is 12.7 Å². The molecular formula is C17H46O5PtSi4. The summed E-state index contributed by atoms with van der Waals surface area (Å²) in [6.45, 7) is 21.6. The molecule has 0 atom stereocenters. The molecule has 170 valence electrons. The van der Waals surface area contributed by atoms with Crippen LogP contribution in [-0.4, -0.2) is 69.9 Å². The van der Waals surface area contributed by atoms with Crippen LogP contribution in [0, 0.1) is 0 Å². The summed E-state index contributed by atoms with van der Waals surface area (Å²) in [6, 6.07) is 2.05. The first kappa shape index (κ1) is 35.5. The third kappa shape index (κ3) is 35.0.